The normalized spacial score (nSPS) is 24.4. The van der Waals surface area contributed by atoms with Gasteiger partial charge in [-0.2, -0.15) is 0 Å². The van der Waals surface area contributed by atoms with E-state index in [1.54, 1.807) is 0 Å². The van der Waals surface area contributed by atoms with Gasteiger partial charge in [0.2, 0.25) is 5.91 Å². The molecule has 0 saturated carbocycles. The number of hydrogen-bond donors (Lipinski definition) is 2. The van der Waals surface area contributed by atoms with E-state index in [1.807, 2.05) is 31.2 Å². The summed E-state index contributed by atoms with van der Waals surface area (Å²) in [5.41, 5.74) is 2.09. The number of benzene rings is 1. The van der Waals surface area contributed by atoms with Gasteiger partial charge in [0.25, 0.3) is 0 Å². The van der Waals surface area contributed by atoms with Crippen LogP contribution in [0.2, 0.25) is 0 Å². The number of nitrogens with one attached hydrogen (secondary N) is 2. The topological polar surface area (TPSA) is 41.1 Å². The van der Waals surface area contributed by atoms with Crippen molar-refractivity contribution in [2.45, 2.75) is 20.3 Å². The number of carbonyl (C=O) groups is 1. The van der Waals surface area contributed by atoms with Gasteiger partial charge in [-0.1, -0.05) is 24.6 Å². The van der Waals surface area contributed by atoms with Crippen LogP contribution in [0, 0.1) is 18.8 Å². The van der Waals surface area contributed by atoms with E-state index in [-0.39, 0.29) is 11.8 Å². The fourth-order valence-electron chi connectivity index (χ4n) is 2.24. The predicted molar refractivity (Wildman–Crippen MR) is 69.9 cm³/mol. The Bertz CT molecular complexity index is 386. The van der Waals surface area contributed by atoms with Gasteiger partial charge in [-0.25, -0.2) is 0 Å². The molecule has 0 spiro atoms. The van der Waals surface area contributed by atoms with Crippen molar-refractivity contribution in [1.29, 1.82) is 0 Å². The van der Waals surface area contributed by atoms with Crippen molar-refractivity contribution >= 4 is 11.6 Å². The average Bonchev–Trinajstić information content (AvgIpc) is 2.32. The lowest BCUT2D eigenvalue weighted by Crippen LogP contribution is -2.40. The Morgan fingerprint density at radius 1 is 1.29 bits per heavy atom. The van der Waals surface area contributed by atoms with Crippen molar-refractivity contribution in [3.63, 3.8) is 0 Å². The summed E-state index contributed by atoms with van der Waals surface area (Å²) in [7, 11) is 0. The zero-order chi connectivity index (χ0) is 12.3. The first-order valence-electron chi connectivity index (χ1n) is 6.23. The summed E-state index contributed by atoms with van der Waals surface area (Å²) in [4.78, 5) is 12.0. The van der Waals surface area contributed by atoms with E-state index in [1.165, 1.54) is 5.56 Å². The first-order chi connectivity index (χ1) is 8.15. The number of rotatable bonds is 2. The van der Waals surface area contributed by atoms with Gasteiger partial charge >= 0.3 is 0 Å². The zero-order valence-corrected chi connectivity index (χ0v) is 10.5. The first-order valence-corrected chi connectivity index (χ1v) is 6.23. The Morgan fingerprint density at radius 3 is 2.65 bits per heavy atom. The second kappa shape index (κ2) is 5.32. The summed E-state index contributed by atoms with van der Waals surface area (Å²) in [6, 6.07) is 7.93. The Morgan fingerprint density at radius 2 is 2.00 bits per heavy atom. The highest BCUT2D eigenvalue weighted by molar-refractivity contribution is 5.92. The highest BCUT2D eigenvalue weighted by Gasteiger charge is 2.24. The molecule has 1 aromatic carbocycles. The van der Waals surface area contributed by atoms with Gasteiger partial charge in [0.15, 0.2) is 0 Å². The van der Waals surface area contributed by atoms with E-state index in [9.17, 15) is 4.79 Å². The molecule has 3 nitrogen and oxygen atoms in total. The smallest absolute Gasteiger partial charge is 0.228 e. The molecule has 17 heavy (non-hydrogen) atoms. The van der Waals surface area contributed by atoms with Gasteiger partial charge in [0, 0.05) is 12.2 Å². The van der Waals surface area contributed by atoms with E-state index < -0.39 is 0 Å². The minimum atomic E-state index is 0.0973. The van der Waals surface area contributed by atoms with E-state index in [0.29, 0.717) is 5.92 Å². The highest BCUT2D eigenvalue weighted by atomic mass is 16.1. The molecule has 3 heteroatoms. The molecule has 1 amide bonds. The molecule has 1 fully saturated rings. The van der Waals surface area contributed by atoms with Crippen molar-refractivity contribution < 1.29 is 4.79 Å². The molecule has 2 N–H and O–H groups in total. The summed E-state index contributed by atoms with van der Waals surface area (Å²) in [5, 5.41) is 6.28. The third-order valence-electron chi connectivity index (χ3n) is 3.26. The fraction of sp³-hybridized carbons (Fsp3) is 0.500. The Labute approximate surface area is 103 Å². The number of aryl methyl sites for hydroxylation is 1. The Kier molecular flexibility index (Phi) is 3.79. The lowest BCUT2D eigenvalue weighted by atomic mass is 9.91. The van der Waals surface area contributed by atoms with Crippen LogP contribution < -0.4 is 10.6 Å². The summed E-state index contributed by atoms with van der Waals surface area (Å²) in [5.74, 6) is 0.811. The number of carbonyl (C=O) groups excluding carboxylic acids is 1. The Balaban J connectivity index is 1.94. The van der Waals surface area contributed by atoms with Crippen LogP contribution in [0.4, 0.5) is 5.69 Å². The molecule has 0 bridgehead atoms. The zero-order valence-electron chi connectivity index (χ0n) is 10.5. The van der Waals surface area contributed by atoms with E-state index >= 15 is 0 Å². The molecule has 0 aromatic heterocycles. The molecule has 2 unspecified atom stereocenters. The second-order valence-corrected chi connectivity index (χ2v) is 5.05. The van der Waals surface area contributed by atoms with Crippen LogP contribution in [0.5, 0.6) is 0 Å². The van der Waals surface area contributed by atoms with Crippen LogP contribution in [0.1, 0.15) is 18.9 Å². The molecule has 1 aromatic rings. The number of hydrogen-bond acceptors (Lipinski definition) is 2. The Hall–Kier alpha value is -1.35. The summed E-state index contributed by atoms with van der Waals surface area (Å²) in [6.45, 7) is 6.03. The van der Waals surface area contributed by atoms with Crippen LogP contribution in [-0.2, 0) is 4.79 Å². The third-order valence-corrected chi connectivity index (χ3v) is 3.26. The SMILES string of the molecule is Cc1ccc(NC(=O)C2CNCC(C)C2)cc1. The molecule has 2 atom stereocenters. The van der Waals surface area contributed by atoms with Crippen molar-refractivity contribution in [2.24, 2.45) is 11.8 Å². The fourth-order valence-corrected chi connectivity index (χ4v) is 2.24. The van der Waals surface area contributed by atoms with Gasteiger partial charge < -0.3 is 10.6 Å². The predicted octanol–water partition coefficient (Wildman–Crippen LogP) is 2.18. The standard InChI is InChI=1S/C14H20N2O/c1-10-3-5-13(6-4-10)16-14(17)12-7-11(2)8-15-9-12/h3-6,11-12,15H,7-9H2,1-2H3,(H,16,17). The molecular weight excluding hydrogens is 212 g/mol. The maximum absolute atomic E-state index is 12.0. The van der Waals surface area contributed by atoms with Crippen LogP contribution in [0.15, 0.2) is 24.3 Å². The van der Waals surface area contributed by atoms with Gasteiger partial charge in [0.1, 0.15) is 0 Å². The van der Waals surface area contributed by atoms with Crippen molar-refractivity contribution in [2.75, 3.05) is 18.4 Å². The van der Waals surface area contributed by atoms with Crippen molar-refractivity contribution in [3.05, 3.63) is 29.8 Å². The van der Waals surface area contributed by atoms with E-state index in [0.717, 1.165) is 25.2 Å². The molecule has 0 aliphatic carbocycles. The van der Waals surface area contributed by atoms with Crippen LogP contribution in [0.3, 0.4) is 0 Å². The monoisotopic (exact) mass is 232 g/mol. The molecule has 1 heterocycles. The molecule has 1 aliphatic heterocycles. The molecule has 1 saturated heterocycles. The van der Waals surface area contributed by atoms with Gasteiger partial charge in [-0.3, -0.25) is 4.79 Å². The first kappa shape index (κ1) is 12.1. The van der Waals surface area contributed by atoms with Crippen LogP contribution in [0.25, 0.3) is 0 Å². The second-order valence-electron chi connectivity index (χ2n) is 5.05. The number of piperidine rings is 1. The van der Waals surface area contributed by atoms with Gasteiger partial charge in [0.05, 0.1) is 5.92 Å². The van der Waals surface area contributed by atoms with Crippen LogP contribution >= 0.6 is 0 Å². The summed E-state index contributed by atoms with van der Waals surface area (Å²) < 4.78 is 0. The molecule has 1 aliphatic rings. The summed E-state index contributed by atoms with van der Waals surface area (Å²) in [6.07, 6.45) is 0.977. The maximum Gasteiger partial charge on any atom is 0.228 e. The lowest BCUT2D eigenvalue weighted by molar-refractivity contribution is -0.120. The van der Waals surface area contributed by atoms with Crippen molar-refractivity contribution in [1.82, 2.24) is 5.32 Å². The molecular formula is C14H20N2O. The van der Waals surface area contributed by atoms with Gasteiger partial charge in [-0.15, -0.1) is 0 Å². The largest absolute Gasteiger partial charge is 0.326 e. The van der Waals surface area contributed by atoms with Crippen LogP contribution in [-0.4, -0.2) is 19.0 Å². The number of amides is 1. The third kappa shape index (κ3) is 3.30. The highest BCUT2D eigenvalue weighted by Crippen LogP contribution is 2.18. The molecule has 0 radical (unpaired) electrons. The summed E-state index contributed by atoms with van der Waals surface area (Å²) >= 11 is 0. The quantitative estimate of drug-likeness (QED) is 0.820. The average molecular weight is 232 g/mol. The number of anilines is 1. The van der Waals surface area contributed by atoms with Gasteiger partial charge in [-0.05, 0) is 37.9 Å². The molecule has 92 valence electrons. The lowest BCUT2D eigenvalue weighted by Gasteiger charge is -2.26. The maximum atomic E-state index is 12.0. The minimum Gasteiger partial charge on any atom is -0.326 e. The van der Waals surface area contributed by atoms with E-state index in [2.05, 4.69) is 17.6 Å². The van der Waals surface area contributed by atoms with E-state index in [4.69, 9.17) is 0 Å². The molecule has 2 rings (SSSR count). The van der Waals surface area contributed by atoms with Crippen molar-refractivity contribution in [3.8, 4) is 0 Å². The minimum absolute atomic E-state index is 0.0973.